The first-order chi connectivity index (χ1) is 30.2. The number of likely N-dealkylation sites (N-methyl/N-ethyl adjacent to an activating group) is 2. The Bertz CT molecular complexity index is 2740. The molecule has 360 valence electrons. The summed E-state index contributed by atoms with van der Waals surface area (Å²) in [5.41, 5.74) is 10.6. The van der Waals surface area contributed by atoms with Crippen LogP contribution in [-0.2, 0) is 62.1 Å². The van der Waals surface area contributed by atoms with Gasteiger partial charge in [0.2, 0.25) is 10.0 Å². The Balaban J connectivity index is 0.000000366. The fraction of sp³-hybridized carbons (Fsp3) is 0.359. The van der Waals surface area contributed by atoms with E-state index < -0.39 is 45.1 Å². The Kier molecular flexibility index (Phi) is 24.8. The number of fused-ring (bicyclic) bond motifs is 2. The van der Waals surface area contributed by atoms with E-state index in [2.05, 4.69) is 19.4 Å². The summed E-state index contributed by atoms with van der Waals surface area (Å²) in [4.78, 5) is 15.7. The molecule has 0 aromatic heterocycles. The van der Waals surface area contributed by atoms with E-state index in [1.165, 1.54) is 12.1 Å². The molecule has 2 atom stereocenters. The fourth-order valence-corrected chi connectivity index (χ4v) is 11.0. The molecular formula is C39H46Cl5N4NaO13S4. The van der Waals surface area contributed by atoms with Crippen molar-refractivity contribution in [3.05, 3.63) is 126 Å². The largest absolute Gasteiger partial charge is 1.00 e. The number of benzene rings is 4. The molecule has 4 aromatic carbocycles. The molecule has 0 bridgehead atoms. The van der Waals surface area contributed by atoms with Gasteiger partial charge < -0.3 is 25.7 Å². The second-order valence-corrected chi connectivity index (χ2v) is 23.8. The van der Waals surface area contributed by atoms with E-state index in [4.69, 9.17) is 82.0 Å². The molecule has 2 unspecified atom stereocenters. The number of hydrogen-bond donors (Lipinski definition) is 4. The van der Waals surface area contributed by atoms with Crippen LogP contribution in [0.1, 0.15) is 58.1 Å². The van der Waals surface area contributed by atoms with Crippen LogP contribution in [0.2, 0.25) is 20.1 Å². The summed E-state index contributed by atoms with van der Waals surface area (Å²) in [5, 5.41) is 10.7. The summed E-state index contributed by atoms with van der Waals surface area (Å²) in [6.45, 7) is 2.83. The summed E-state index contributed by atoms with van der Waals surface area (Å²) in [7, 11) is -6.06. The van der Waals surface area contributed by atoms with Gasteiger partial charge in [0.25, 0.3) is 35.8 Å². The molecule has 4 aromatic rings. The summed E-state index contributed by atoms with van der Waals surface area (Å²) in [6.07, 6.45) is 0.286. The molecule has 66 heavy (non-hydrogen) atoms. The van der Waals surface area contributed by atoms with Crippen LogP contribution in [-0.4, -0.2) is 111 Å². The molecule has 0 radical (unpaired) electrons. The van der Waals surface area contributed by atoms with Crippen molar-refractivity contribution in [2.24, 2.45) is 5.73 Å². The van der Waals surface area contributed by atoms with Gasteiger partial charge in [-0.15, -0.1) is 0 Å². The van der Waals surface area contributed by atoms with Gasteiger partial charge in [-0.1, -0.05) is 70.7 Å². The third kappa shape index (κ3) is 19.6. The average molecular weight is 1110 g/mol. The SMILES string of the molecule is CN1Cc2c(Cl)cc(Cl)cc2C(c2cccc(S(=O)(=O)Cl)c2)C1.CN1Cc2c(Cl)cc(Cl)cc2C(c2cccc(S(=O)(=O)NCCCS(=O)(=O)O)c2)C1.NCCCS(=O)(=O)O.O=CO[O-].[Na+]. The first-order valence-electron chi connectivity index (χ1n) is 19.0. The summed E-state index contributed by atoms with van der Waals surface area (Å²) < 4.78 is 109. The molecule has 0 saturated heterocycles. The number of nitrogens with one attached hydrogen (secondary N) is 1. The zero-order valence-corrected chi connectivity index (χ0v) is 44.7. The van der Waals surface area contributed by atoms with E-state index in [-0.39, 0.29) is 76.4 Å². The van der Waals surface area contributed by atoms with Crippen LogP contribution in [0.5, 0.6) is 0 Å². The van der Waals surface area contributed by atoms with Gasteiger partial charge in [0.15, 0.2) is 0 Å². The third-order valence-electron chi connectivity index (χ3n) is 9.61. The molecule has 6 rings (SSSR count). The molecule has 27 heteroatoms. The van der Waals surface area contributed by atoms with Crippen molar-refractivity contribution in [2.75, 3.05) is 51.8 Å². The predicted octanol–water partition coefficient (Wildman–Crippen LogP) is 2.29. The maximum absolute atomic E-state index is 12.6. The van der Waals surface area contributed by atoms with Crippen LogP contribution < -0.4 is 45.3 Å². The Morgan fingerprint density at radius 1 is 0.727 bits per heavy atom. The second kappa shape index (κ2) is 27.1. The van der Waals surface area contributed by atoms with Crippen LogP contribution in [0.25, 0.3) is 0 Å². The van der Waals surface area contributed by atoms with Gasteiger partial charge in [0, 0.05) is 75.3 Å². The standard InChI is InChI=1S/C19H22Cl2N2O5S2.C16H14Cl3NO2S.C3H9NO3S.CH2O3.Na/c1-23-11-17(16-9-14(20)10-19(21)18(16)12-23)13-4-2-5-15(8-13)30(27,28)22-6-3-7-29(24,25)26;1-20-8-14(10-3-2-4-12(5-10)23(19,21)22)13-6-11(17)7-16(18)15(13)9-20;4-2-1-3-8(5,6)7;2-1-4-3;/h2,4-5,8-10,17,22H,3,6-7,11-12H2,1H3,(H,24,25,26);2-7,14H,8-9H2,1H3;1-4H2,(H,5,6,7);1,3H;/q;;;;+1/p-1. The number of carbonyl (C=O) groups excluding carboxylic acids is 1. The summed E-state index contributed by atoms with van der Waals surface area (Å²) in [5.74, 6) is -0.867. The Morgan fingerprint density at radius 2 is 1.14 bits per heavy atom. The number of halogens is 5. The Hall–Kier alpha value is -1.68. The van der Waals surface area contributed by atoms with Crippen LogP contribution in [0.4, 0.5) is 0 Å². The minimum atomic E-state index is -4.13. The van der Waals surface area contributed by atoms with Crippen molar-refractivity contribution in [1.29, 1.82) is 0 Å². The topological polar surface area (TPSA) is 271 Å². The number of nitrogens with two attached hydrogens (primary N) is 1. The molecule has 0 fully saturated rings. The number of rotatable bonds is 13. The summed E-state index contributed by atoms with van der Waals surface area (Å²) in [6, 6.07) is 20.5. The van der Waals surface area contributed by atoms with Gasteiger partial charge in [-0.2, -0.15) is 16.8 Å². The van der Waals surface area contributed by atoms with Crippen molar-refractivity contribution in [3.8, 4) is 0 Å². The minimum absolute atomic E-state index is 0. The van der Waals surface area contributed by atoms with Gasteiger partial charge in [0.1, 0.15) is 0 Å². The number of hydrogen-bond acceptors (Lipinski definition) is 14. The zero-order chi connectivity index (χ0) is 48.9. The molecule has 2 heterocycles. The average Bonchev–Trinajstić information content (AvgIpc) is 3.21. The molecule has 17 nitrogen and oxygen atoms in total. The second-order valence-electron chi connectivity index (χ2n) is 14.7. The van der Waals surface area contributed by atoms with E-state index >= 15 is 0 Å². The smallest absolute Gasteiger partial charge is 0.662 e. The maximum Gasteiger partial charge on any atom is 1.00 e. The molecule has 2 aliphatic rings. The van der Waals surface area contributed by atoms with Crippen molar-refractivity contribution in [2.45, 2.75) is 47.6 Å². The van der Waals surface area contributed by atoms with Crippen molar-refractivity contribution in [3.63, 3.8) is 0 Å². The molecular weight excluding hydrogens is 1060 g/mol. The summed E-state index contributed by atoms with van der Waals surface area (Å²) >= 11 is 25.1. The molecule has 0 aliphatic carbocycles. The van der Waals surface area contributed by atoms with E-state index in [9.17, 15) is 33.7 Å². The molecule has 5 N–H and O–H groups in total. The van der Waals surface area contributed by atoms with Crippen molar-refractivity contribution >= 4 is 103 Å². The van der Waals surface area contributed by atoms with Crippen molar-refractivity contribution in [1.82, 2.24) is 14.5 Å². The fourth-order valence-electron chi connectivity index (χ4n) is 6.85. The van der Waals surface area contributed by atoms with Crippen molar-refractivity contribution < 1.29 is 87.3 Å². The van der Waals surface area contributed by atoms with Crippen LogP contribution in [0.15, 0.2) is 82.6 Å². The van der Waals surface area contributed by atoms with Crippen LogP contribution >= 0.6 is 57.1 Å². The quantitative estimate of drug-likeness (QED) is 0.0285. The van der Waals surface area contributed by atoms with Crippen LogP contribution in [0, 0.1) is 0 Å². The first kappa shape index (κ1) is 60.4. The number of carbonyl (C=O) groups is 1. The molecule has 0 spiro atoms. The van der Waals surface area contributed by atoms with Gasteiger partial charge in [-0.25, -0.2) is 21.6 Å². The monoisotopic (exact) mass is 1100 g/mol. The Morgan fingerprint density at radius 3 is 1.52 bits per heavy atom. The van der Waals surface area contributed by atoms with Crippen LogP contribution in [0.3, 0.4) is 0 Å². The Labute approximate surface area is 432 Å². The van der Waals surface area contributed by atoms with E-state index in [0.717, 1.165) is 46.5 Å². The zero-order valence-electron chi connectivity index (χ0n) is 35.6. The van der Waals surface area contributed by atoms with Gasteiger partial charge in [-0.05, 0) is 115 Å². The minimum Gasteiger partial charge on any atom is -0.662 e. The normalized spacial score (nSPS) is 16.3. The van der Waals surface area contributed by atoms with E-state index in [1.54, 1.807) is 36.4 Å². The van der Waals surface area contributed by atoms with E-state index in [0.29, 0.717) is 46.1 Å². The van der Waals surface area contributed by atoms with Gasteiger partial charge in [-0.3, -0.25) is 13.9 Å². The maximum atomic E-state index is 12.6. The van der Waals surface area contributed by atoms with E-state index in [1.807, 2.05) is 38.4 Å². The number of sulfonamides is 1. The van der Waals surface area contributed by atoms with Gasteiger partial charge in [0.05, 0.1) is 21.3 Å². The third-order valence-corrected chi connectivity index (χ3v) is 15.1. The number of nitrogens with zero attached hydrogens (tertiary/aromatic N) is 2. The molecule has 0 amide bonds. The first-order valence-corrected chi connectivity index (χ1v) is 27.5. The van der Waals surface area contributed by atoms with Gasteiger partial charge >= 0.3 is 29.6 Å². The molecule has 2 aliphatic heterocycles. The predicted molar refractivity (Wildman–Crippen MR) is 249 cm³/mol. The molecule has 0 saturated carbocycles.